The van der Waals surface area contributed by atoms with Gasteiger partial charge < -0.3 is 10.2 Å². The average molecular weight is 399 g/mol. The Bertz CT molecular complexity index is 526. The van der Waals surface area contributed by atoms with Gasteiger partial charge in [-0.05, 0) is 38.0 Å². The fraction of sp³-hybridized carbons (Fsp3) is 0.727. The van der Waals surface area contributed by atoms with Gasteiger partial charge in [0.15, 0.2) is 10.9 Å². The zero-order chi connectivity index (χ0) is 21.1. The van der Waals surface area contributed by atoms with E-state index in [0.29, 0.717) is 12.8 Å². The summed E-state index contributed by atoms with van der Waals surface area (Å²) in [4.78, 5) is 24.3. The van der Waals surface area contributed by atoms with E-state index < -0.39 is 12.0 Å². The molecule has 27 heavy (non-hydrogen) atoms. The molecule has 2 N–H and O–H groups in total. The summed E-state index contributed by atoms with van der Waals surface area (Å²) in [5.74, 6) is -0.675. The highest BCUT2D eigenvalue weighted by molar-refractivity contribution is 8.13. The van der Waals surface area contributed by atoms with E-state index in [2.05, 4.69) is 0 Å². The molecule has 4 nitrogen and oxygen atoms in total. The van der Waals surface area contributed by atoms with Crippen molar-refractivity contribution in [2.24, 2.45) is 23.7 Å². The minimum absolute atomic E-state index is 0.0148. The second-order valence-electron chi connectivity index (χ2n) is 7.59. The first kappa shape index (κ1) is 26.1. The standard InChI is InChI=1S/C22H38O4S/c1-8-18(21(25)17(6)22(26)27-7)13-16(5)20(24)11-10-14(3)12-15(4)19(23)9-2/h10-12,15-19,21,23,25H,8-9,13H2,1-7H3/b11-10+,14-12+/t15-,16+,17+,18-,19+,21+/m0/s1. The van der Waals surface area contributed by atoms with Gasteiger partial charge in [-0.1, -0.05) is 70.5 Å². The van der Waals surface area contributed by atoms with Gasteiger partial charge in [0.2, 0.25) is 0 Å². The van der Waals surface area contributed by atoms with Gasteiger partial charge in [-0.2, -0.15) is 0 Å². The Labute approximate surface area is 169 Å². The van der Waals surface area contributed by atoms with Crippen LogP contribution in [0.2, 0.25) is 0 Å². The summed E-state index contributed by atoms with van der Waals surface area (Å²) in [6.07, 6.45) is 7.93. The van der Waals surface area contributed by atoms with E-state index in [0.717, 1.165) is 23.8 Å². The van der Waals surface area contributed by atoms with E-state index in [9.17, 15) is 19.8 Å². The lowest BCUT2D eigenvalue weighted by atomic mass is 9.83. The topological polar surface area (TPSA) is 74.6 Å². The Morgan fingerprint density at radius 2 is 1.63 bits per heavy atom. The van der Waals surface area contributed by atoms with Crippen LogP contribution >= 0.6 is 11.8 Å². The number of carbonyl (C=O) groups excluding carboxylic acids is 2. The van der Waals surface area contributed by atoms with Crippen molar-refractivity contribution in [3.63, 3.8) is 0 Å². The molecule has 0 fully saturated rings. The lowest BCUT2D eigenvalue weighted by Gasteiger charge is -2.27. The molecule has 0 saturated carbocycles. The van der Waals surface area contributed by atoms with Crippen LogP contribution in [0.1, 0.15) is 60.8 Å². The minimum atomic E-state index is -0.729. The Hall–Kier alpha value is -0.910. The normalized spacial score (nSPS) is 19.4. The molecule has 0 aromatic rings. The first-order valence-electron chi connectivity index (χ1n) is 9.93. The number of ketones is 1. The van der Waals surface area contributed by atoms with Gasteiger partial charge in [-0.25, -0.2) is 0 Å². The van der Waals surface area contributed by atoms with Crippen LogP contribution < -0.4 is 0 Å². The Morgan fingerprint density at radius 1 is 1.04 bits per heavy atom. The lowest BCUT2D eigenvalue weighted by molar-refractivity contribution is -0.119. The molecule has 0 aromatic heterocycles. The van der Waals surface area contributed by atoms with Crippen molar-refractivity contribution in [2.75, 3.05) is 6.26 Å². The fourth-order valence-electron chi connectivity index (χ4n) is 3.18. The molecule has 0 spiro atoms. The second-order valence-corrected chi connectivity index (χ2v) is 8.40. The first-order valence-corrected chi connectivity index (χ1v) is 11.2. The van der Waals surface area contributed by atoms with E-state index in [-0.39, 0.29) is 34.8 Å². The van der Waals surface area contributed by atoms with Crippen molar-refractivity contribution in [3.05, 3.63) is 23.8 Å². The number of rotatable bonds is 12. The van der Waals surface area contributed by atoms with Crippen LogP contribution in [0.15, 0.2) is 23.8 Å². The molecule has 0 saturated heterocycles. The molecule has 0 radical (unpaired) electrons. The predicted molar refractivity (Wildman–Crippen MR) is 115 cm³/mol. The molecule has 0 amide bonds. The van der Waals surface area contributed by atoms with Crippen molar-refractivity contribution >= 4 is 22.7 Å². The number of carbonyl (C=O) groups is 2. The fourth-order valence-corrected chi connectivity index (χ4v) is 3.69. The maximum atomic E-state index is 12.4. The number of aliphatic hydroxyl groups excluding tert-OH is 2. The van der Waals surface area contributed by atoms with Gasteiger partial charge in [0, 0.05) is 11.8 Å². The molecule has 0 unspecified atom stereocenters. The van der Waals surface area contributed by atoms with Gasteiger partial charge in [0.05, 0.1) is 18.1 Å². The van der Waals surface area contributed by atoms with Crippen molar-refractivity contribution in [3.8, 4) is 0 Å². The summed E-state index contributed by atoms with van der Waals surface area (Å²) >= 11 is 1.13. The molecule has 0 aromatic carbocycles. The molecule has 156 valence electrons. The molecular weight excluding hydrogens is 360 g/mol. The zero-order valence-electron chi connectivity index (χ0n) is 17.9. The summed E-state index contributed by atoms with van der Waals surface area (Å²) in [7, 11) is 0. The number of thioether (sulfide) groups is 1. The third kappa shape index (κ3) is 9.22. The third-order valence-electron chi connectivity index (χ3n) is 5.30. The molecule has 0 rings (SSSR count). The van der Waals surface area contributed by atoms with Crippen LogP contribution in [0.4, 0.5) is 0 Å². The zero-order valence-corrected chi connectivity index (χ0v) is 18.8. The maximum Gasteiger partial charge on any atom is 0.194 e. The van der Waals surface area contributed by atoms with Crippen molar-refractivity contribution in [1.82, 2.24) is 0 Å². The SMILES string of the molecule is CC[C@@H](C[C@@H](C)C(=O)/C=C/C(C)=C/[C@H](C)[C@H](O)CC)[C@H](O)[C@@H](C)C(=O)SC. The van der Waals surface area contributed by atoms with Crippen LogP contribution in [0.3, 0.4) is 0 Å². The molecule has 5 heteroatoms. The van der Waals surface area contributed by atoms with E-state index in [4.69, 9.17) is 0 Å². The van der Waals surface area contributed by atoms with Crippen LogP contribution in [0, 0.1) is 23.7 Å². The number of allylic oxidation sites excluding steroid dienone is 3. The summed E-state index contributed by atoms with van der Waals surface area (Å²) in [5.41, 5.74) is 0.946. The van der Waals surface area contributed by atoms with Crippen LogP contribution in [0.5, 0.6) is 0 Å². The van der Waals surface area contributed by atoms with Gasteiger partial charge in [-0.15, -0.1) is 0 Å². The predicted octanol–water partition coefficient (Wildman–Crippen LogP) is 4.40. The van der Waals surface area contributed by atoms with Crippen molar-refractivity contribution in [1.29, 1.82) is 0 Å². The quantitative estimate of drug-likeness (QED) is 0.376. The first-order chi connectivity index (χ1) is 12.6. The molecule has 0 aliphatic heterocycles. The van der Waals surface area contributed by atoms with E-state index in [1.54, 1.807) is 25.3 Å². The lowest BCUT2D eigenvalue weighted by Crippen LogP contribution is -2.33. The Kier molecular flexibility index (Phi) is 12.8. The van der Waals surface area contributed by atoms with Crippen LogP contribution in [-0.2, 0) is 9.59 Å². The summed E-state index contributed by atoms with van der Waals surface area (Å²) in [6, 6.07) is 0. The van der Waals surface area contributed by atoms with Crippen molar-refractivity contribution < 1.29 is 19.8 Å². The molecule has 0 aliphatic carbocycles. The van der Waals surface area contributed by atoms with E-state index >= 15 is 0 Å². The molecule has 0 heterocycles. The van der Waals surface area contributed by atoms with Gasteiger partial charge in [0.1, 0.15) is 0 Å². The Balaban J connectivity index is 4.88. The number of hydrogen-bond acceptors (Lipinski definition) is 5. The summed E-state index contributed by atoms with van der Waals surface area (Å²) in [5, 5.41) is 20.3. The van der Waals surface area contributed by atoms with Crippen LogP contribution in [0.25, 0.3) is 0 Å². The third-order valence-corrected chi connectivity index (χ3v) is 6.07. The minimum Gasteiger partial charge on any atom is -0.393 e. The van der Waals surface area contributed by atoms with E-state index in [1.165, 1.54) is 0 Å². The molecule has 6 atom stereocenters. The summed E-state index contributed by atoms with van der Waals surface area (Å²) in [6.45, 7) is 11.4. The van der Waals surface area contributed by atoms with E-state index in [1.807, 2.05) is 40.7 Å². The second kappa shape index (κ2) is 13.3. The van der Waals surface area contributed by atoms with Gasteiger partial charge >= 0.3 is 0 Å². The molecular formula is C22H38O4S. The Morgan fingerprint density at radius 3 is 2.11 bits per heavy atom. The largest absolute Gasteiger partial charge is 0.393 e. The molecule has 0 aliphatic rings. The monoisotopic (exact) mass is 398 g/mol. The molecule has 0 bridgehead atoms. The highest BCUT2D eigenvalue weighted by atomic mass is 32.2. The smallest absolute Gasteiger partial charge is 0.194 e. The highest BCUT2D eigenvalue weighted by Gasteiger charge is 2.30. The van der Waals surface area contributed by atoms with Crippen LogP contribution in [-0.4, -0.2) is 39.6 Å². The maximum absolute atomic E-state index is 12.4. The highest BCUT2D eigenvalue weighted by Crippen LogP contribution is 2.27. The summed E-state index contributed by atoms with van der Waals surface area (Å²) < 4.78 is 0. The number of hydrogen-bond donors (Lipinski definition) is 2. The average Bonchev–Trinajstić information content (AvgIpc) is 2.67. The van der Waals surface area contributed by atoms with Gasteiger partial charge in [0.25, 0.3) is 0 Å². The van der Waals surface area contributed by atoms with Gasteiger partial charge in [-0.3, -0.25) is 9.59 Å². The van der Waals surface area contributed by atoms with Crippen molar-refractivity contribution in [2.45, 2.75) is 73.0 Å². The number of aliphatic hydroxyl groups is 2.